The zero-order valence-electron chi connectivity index (χ0n) is 14.4. The molecule has 0 aliphatic heterocycles. The van der Waals surface area contributed by atoms with Crippen LogP contribution in [0.25, 0.3) is 0 Å². The number of hydrogen-bond donors (Lipinski definition) is 0. The van der Waals surface area contributed by atoms with E-state index >= 15 is 0 Å². The van der Waals surface area contributed by atoms with E-state index in [1.807, 2.05) is 20.8 Å². The third-order valence-electron chi connectivity index (χ3n) is 7.45. The van der Waals surface area contributed by atoms with Crippen molar-refractivity contribution in [1.29, 1.82) is 0 Å². The molecule has 0 heterocycles. The molecule has 0 bridgehead atoms. The van der Waals surface area contributed by atoms with E-state index in [0.717, 1.165) is 12.8 Å². The van der Waals surface area contributed by atoms with Crippen LogP contribution in [0.4, 0.5) is 13.2 Å². The minimum atomic E-state index is -4.97. The van der Waals surface area contributed by atoms with Gasteiger partial charge < -0.3 is 9.47 Å². The highest BCUT2D eigenvalue weighted by Gasteiger charge is 2.91. The average molecular weight is 344 g/mol. The fraction of sp³-hybridized carbons (Fsp3) is 0.833. The molecule has 1 spiro atoms. The Hall–Kier alpha value is -1.04. The van der Waals surface area contributed by atoms with Gasteiger partial charge in [-0.2, -0.15) is 13.2 Å². The third-order valence-corrected chi connectivity index (χ3v) is 7.45. The molecule has 4 aliphatic rings. The predicted octanol–water partition coefficient (Wildman–Crippen LogP) is 3.88. The highest BCUT2D eigenvalue weighted by Crippen LogP contribution is 2.87. The summed E-state index contributed by atoms with van der Waals surface area (Å²) in [4.78, 5) is 11.7. The molecule has 24 heavy (non-hydrogen) atoms. The monoisotopic (exact) mass is 344 g/mol. The van der Waals surface area contributed by atoms with Crippen LogP contribution in [0.1, 0.15) is 40.0 Å². The van der Waals surface area contributed by atoms with Gasteiger partial charge in [0.1, 0.15) is 5.60 Å². The van der Waals surface area contributed by atoms with Gasteiger partial charge in [-0.3, -0.25) is 0 Å². The van der Waals surface area contributed by atoms with Crippen LogP contribution in [0.2, 0.25) is 0 Å². The highest BCUT2D eigenvalue weighted by atomic mass is 19.4. The second-order valence-corrected chi connectivity index (χ2v) is 8.82. The molecule has 3 fully saturated rings. The molecule has 0 N–H and O–H groups in total. The Kier molecular flexibility index (Phi) is 2.87. The second kappa shape index (κ2) is 4.19. The molecule has 0 aromatic heterocycles. The number of hydrogen-bond acceptors (Lipinski definition) is 3. The molecule has 0 aromatic rings. The Bertz CT molecular complexity index is 634. The molecule has 4 aliphatic carbocycles. The Balaban J connectivity index is 1.75. The molecule has 0 aromatic carbocycles. The van der Waals surface area contributed by atoms with Crippen molar-refractivity contribution in [2.75, 3.05) is 7.11 Å². The maximum atomic E-state index is 12.9. The molecule has 0 saturated heterocycles. The third kappa shape index (κ3) is 1.49. The van der Waals surface area contributed by atoms with Crippen LogP contribution >= 0.6 is 0 Å². The van der Waals surface area contributed by atoms with Crippen LogP contribution < -0.4 is 0 Å². The van der Waals surface area contributed by atoms with Crippen LogP contribution in [0.5, 0.6) is 0 Å². The van der Waals surface area contributed by atoms with Gasteiger partial charge in [-0.25, -0.2) is 4.79 Å². The highest BCUT2D eigenvalue weighted by molar-refractivity contribution is 5.76. The summed E-state index contributed by atoms with van der Waals surface area (Å²) in [6, 6.07) is 0. The first kappa shape index (κ1) is 16.4. The van der Waals surface area contributed by atoms with Gasteiger partial charge in [0.05, 0.1) is 5.60 Å². The number of rotatable bonds is 2. The average Bonchev–Trinajstić information content (AvgIpc) is 2.69. The van der Waals surface area contributed by atoms with Crippen LogP contribution in [0, 0.1) is 28.6 Å². The van der Waals surface area contributed by atoms with Crippen molar-refractivity contribution in [2.24, 2.45) is 28.6 Å². The van der Waals surface area contributed by atoms with E-state index in [9.17, 15) is 18.0 Å². The van der Waals surface area contributed by atoms with Crippen molar-refractivity contribution >= 4 is 5.97 Å². The first-order valence-electron chi connectivity index (χ1n) is 8.51. The maximum Gasteiger partial charge on any atom is 0.490 e. The van der Waals surface area contributed by atoms with Crippen LogP contribution in [0.3, 0.4) is 0 Å². The number of methoxy groups -OCH3 is 1. The van der Waals surface area contributed by atoms with Gasteiger partial charge in [-0.1, -0.05) is 32.9 Å². The topological polar surface area (TPSA) is 35.5 Å². The van der Waals surface area contributed by atoms with Crippen molar-refractivity contribution in [2.45, 2.75) is 57.4 Å². The number of carbonyl (C=O) groups is 1. The van der Waals surface area contributed by atoms with Crippen molar-refractivity contribution in [1.82, 2.24) is 0 Å². The first-order valence-corrected chi connectivity index (χ1v) is 8.51. The Morgan fingerprint density at radius 2 is 1.83 bits per heavy atom. The van der Waals surface area contributed by atoms with Crippen LogP contribution in [0.15, 0.2) is 12.2 Å². The van der Waals surface area contributed by atoms with Gasteiger partial charge >= 0.3 is 12.1 Å². The lowest BCUT2D eigenvalue weighted by atomic mass is 9.67. The Morgan fingerprint density at radius 1 is 1.17 bits per heavy atom. The van der Waals surface area contributed by atoms with E-state index in [1.54, 1.807) is 7.11 Å². The number of alkyl halides is 3. The Morgan fingerprint density at radius 3 is 2.33 bits per heavy atom. The molecule has 3 saturated carbocycles. The molecule has 6 atom stereocenters. The molecule has 134 valence electrons. The normalized spacial score (nSPS) is 48.4. The van der Waals surface area contributed by atoms with Crippen molar-refractivity contribution in [3.05, 3.63) is 12.2 Å². The molecule has 4 unspecified atom stereocenters. The summed E-state index contributed by atoms with van der Waals surface area (Å²) in [5.74, 6) is -1.71. The standard InChI is InChI=1S/C18H23F3O3/c1-14(2,3)16(24-13(22)18(19,20)21)8-7-15-11-6-5-10(9-12(15)16)17(11,15)23-4/h5-6,10-12H,7-9H2,1-4H3/t10?,11?,12?,15?,16-,17+/m1/s1. The minimum absolute atomic E-state index is 0.0961. The summed E-state index contributed by atoms with van der Waals surface area (Å²) in [5, 5.41) is 0. The van der Waals surface area contributed by atoms with E-state index in [-0.39, 0.29) is 28.8 Å². The zero-order valence-corrected chi connectivity index (χ0v) is 14.4. The number of carbonyl (C=O) groups excluding carboxylic acids is 1. The molecule has 0 amide bonds. The van der Waals surface area contributed by atoms with E-state index in [1.165, 1.54) is 0 Å². The smallest absolute Gasteiger partial charge is 0.452 e. The molecule has 0 radical (unpaired) electrons. The molecule has 4 rings (SSSR count). The lowest BCUT2D eigenvalue weighted by molar-refractivity contribution is -0.230. The summed E-state index contributed by atoms with van der Waals surface area (Å²) in [5.41, 5.74) is -2.12. The second-order valence-electron chi connectivity index (χ2n) is 8.82. The lowest BCUT2D eigenvalue weighted by Gasteiger charge is -2.46. The SMILES string of the molecule is CO[C@@]12C3C=CC1C21CC[C@](OC(=O)C(F)(F)F)(C(C)(C)C)C1C3. The summed E-state index contributed by atoms with van der Waals surface area (Å²) < 4.78 is 49.9. The van der Waals surface area contributed by atoms with E-state index < -0.39 is 23.2 Å². The molecule has 6 heteroatoms. The van der Waals surface area contributed by atoms with E-state index in [4.69, 9.17) is 9.47 Å². The molecular weight excluding hydrogens is 321 g/mol. The largest absolute Gasteiger partial charge is 0.490 e. The fourth-order valence-electron chi connectivity index (χ4n) is 6.63. The number of ether oxygens (including phenoxy) is 2. The van der Waals surface area contributed by atoms with Gasteiger partial charge in [0, 0.05) is 35.7 Å². The minimum Gasteiger partial charge on any atom is -0.452 e. The van der Waals surface area contributed by atoms with Crippen LogP contribution in [-0.2, 0) is 14.3 Å². The summed E-state index contributed by atoms with van der Waals surface area (Å²) >= 11 is 0. The number of esters is 1. The van der Waals surface area contributed by atoms with Gasteiger partial charge in [0.25, 0.3) is 0 Å². The quantitative estimate of drug-likeness (QED) is 0.563. The molecular formula is C18H23F3O3. The summed E-state index contributed by atoms with van der Waals surface area (Å²) in [6.45, 7) is 5.63. The molecule has 3 nitrogen and oxygen atoms in total. The van der Waals surface area contributed by atoms with Gasteiger partial charge in [-0.05, 0) is 19.3 Å². The fourth-order valence-corrected chi connectivity index (χ4v) is 6.63. The van der Waals surface area contributed by atoms with Crippen molar-refractivity contribution in [3.63, 3.8) is 0 Å². The zero-order chi connectivity index (χ0) is 17.8. The van der Waals surface area contributed by atoms with E-state index in [2.05, 4.69) is 12.2 Å². The Labute approximate surface area is 139 Å². The first-order chi connectivity index (χ1) is 11.0. The summed E-state index contributed by atoms with van der Waals surface area (Å²) in [7, 11) is 1.70. The summed E-state index contributed by atoms with van der Waals surface area (Å²) in [6.07, 6.45) is 1.27. The van der Waals surface area contributed by atoms with Crippen molar-refractivity contribution < 1.29 is 27.4 Å². The van der Waals surface area contributed by atoms with Crippen molar-refractivity contribution in [3.8, 4) is 0 Å². The van der Waals surface area contributed by atoms with Gasteiger partial charge in [0.15, 0.2) is 0 Å². The predicted molar refractivity (Wildman–Crippen MR) is 80.0 cm³/mol. The van der Waals surface area contributed by atoms with Gasteiger partial charge in [0.2, 0.25) is 0 Å². The van der Waals surface area contributed by atoms with Gasteiger partial charge in [-0.15, -0.1) is 0 Å². The number of halogens is 3. The van der Waals surface area contributed by atoms with E-state index in [0.29, 0.717) is 6.42 Å². The van der Waals surface area contributed by atoms with Crippen LogP contribution in [-0.4, -0.2) is 30.5 Å². The maximum absolute atomic E-state index is 12.9. The lowest BCUT2D eigenvalue weighted by Crippen LogP contribution is -2.52.